The maximum absolute atomic E-state index is 3.72. The molecule has 2 rings (SSSR count). The van der Waals surface area contributed by atoms with E-state index in [1.165, 1.54) is 33.9 Å². The van der Waals surface area contributed by atoms with Gasteiger partial charge in [-0.05, 0) is 98.2 Å². The van der Waals surface area contributed by atoms with E-state index in [-0.39, 0.29) is 0 Å². The van der Waals surface area contributed by atoms with Gasteiger partial charge in [-0.15, -0.1) is 0 Å². The SMILES string of the molecule is Cc1ccc(I)c(-c2c(I)ccc(C)c2Br)c1. The smallest absolute Gasteiger partial charge is 0.0293 e. The summed E-state index contributed by atoms with van der Waals surface area (Å²) in [6, 6.07) is 10.9. The molecule has 2 aromatic rings. The molecule has 0 saturated carbocycles. The second kappa shape index (κ2) is 5.57. The van der Waals surface area contributed by atoms with Gasteiger partial charge in [0.25, 0.3) is 0 Å². The molecular formula is C14H11BrI2. The third-order valence-electron chi connectivity index (χ3n) is 2.68. The Balaban J connectivity index is 2.76. The van der Waals surface area contributed by atoms with Crippen molar-refractivity contribution < 1.29 is 0 Å². The Labute approximate surface area is 138 Å². The summed E-state index contributed by atoms with van der Waals surface area (Å²) in [4.78, 5) is 0. The van der Waals surface area contributed by atoms with Crippen LogP contribution in [0.4, 0.5) is 0 Å². The lowest BCUT2D eigenvalue weighted by atomic mass is 10.0. The molecule has 0 atom stereocenters. The fourth-order valence-corrected chi connectivity index (χ4v) is 4.01. The van der Waals surface area contributed by atoms with Crippen molar-refractivity contribution in [2.45, 2.75) is 13.8 Å². The molecular weight excluding hydrogens is 502 g/mol. The van der Waals surface area contributed by atoms with Crippen LogP contribution in [0.1, 0.15) is 11.1 Å². The third kappa shape index (κ3) is 2.87. The van der Waals surface area contributed by atoms with Crippen LogP contribution in [0.15, 0.2) is 34.8 Å². The fraction of sp³-hybridized carbons (Fsp3) is 0.143. The minimum atomic E-state index is 1.20. The molecule has 88 valence electrons. The Kier molecular flexibility index (Phi) is 4.52. The summed E-state index contributed by atoms with van der Waals surface area (Å²) in [5.74, 6) is 0. The highest BCUT2D eigenvalue weighted by Crippen LogP contribution is 2.37. The highest BCUT2D eigenvalue weighted by atomic mass is 127. The minimum Gasteiger partial charge on any atom is -0.0582 e. The lowest BCUT2D eigenvalue weighted by Crippen LogP contribution is -1.91. The first-order valence-electron chi connectivity index (χ1n) is 5.22. The molecule has 0 aliphatic carbocycles. The molecule has 0 spiro atoms. The van der Waals surface area contributed by atoms with Crippen molar-refractivity contribution in [3.05, 3.63) is 53.1 Å². The zero-order valence-corrected chi connectivity index (χ0v) is 15.4. The van der Waals surface area contributed by atoms with E-state index >= 15 is 0 Å². The molecule has 2 aromatic carbocycles. The first-order chi connectivity index (χ1) is 8.00. The van der Waals surface area contributed by atoms with Gasteiger partial charge in [0, 0.05) is 17.2 Å². The Morgan fingerprint density at radius 1 is 0.941 bits per heavy atom. The van der Waals surface area contributed by atoms with Crippen LogP contribution in [0.3, 0.4) is 0 Å². The van der Waals surface area contributed by atoms with Crippen molar-refractivity contribution in [3.8, 4) is 11.1 Å². The molecule has 0 radical (unpaired) electrons. The summed E-state index contributed by atoms with van der Waals surface area (Å²) >= 11 is 8.52. The van der Waals surface area contributed by atoms with Crippen molar-refractivity contribution in [2.75, 3.05) is 0 Å². The molecule has 0 nitrogen and oxygen atoms in total. The van der Waals surface area contributed by atoms with E-state index < -0.39 is 0 Å². The molecule has 0 N–H and O–H groups in total. The highest BCUT2D eigenvalue weighted by molar-refractivity contribution is 14.1. The van der Waals surface area contributed by atoms with E-state index in [4.69, 9.17) is 0 Å². The Morgan fingerprint density at radius 2 is 1.59 bits per heavy atom. The summed E-state index contributed by atoms with van der Waals surface area (Å²) in [5.41, 5.74) is 5.19. The zero-order chi connectivity index (χ0) is 12.6. The number of hydrogen-bond donors (Lipinski definition) is 0. The Bertz CT molecular complexity index is 577. The van der Waals surface area contributed by atoms with E-state index in [2.05, 4.69) is 105 Å². The number of halogens is 3. The van der Waals surface area contributed by atoms with Crippen LogP contribution in [-0.2, 0) is 0 Å². The van der Waals surface area contributed by atoms with Gasteiger partial charge in [-0.2, -0.15) is 0 Å². The van der Waals surface area contributed by atoms with Gasteiger partial charge in [-0.1, -0.05) is 23.8 Å². The van der Waals surface area contributed by atoms with Crippen molar-refractivity contribution in [3.63, 3.8) is 0 Å². The van der Waals surface area contributed by atoms with Gasteiger partial charge in [0.1, 0.15) is 0 Å². The van der Waals surface area contributed by atoms with Crippen LogP contribution in [0.25, 0.3) is 11.1 Å². The predicted octanol–water partition coefficient (Wildman–Crippen LogP) is 5.94. The van der Waals surface area contributed by atoms with Gasteiger partial charge in [-0.25, -0.2) is 0 Å². The van der Waals surface area contributed by atoms with E-state index in [1.54, 1.807) is 0 Å². The largest absolute Gasteiger partial charge is 0.0582 e. The Hall–Kier alpha value is 0.380. The predicted molar refractivity (Wildman–Crippen MR) is 94.5 cm³/mol. The summed E-state index contributed by atoms with van der Waals surface area (Å²) in [5, 5.41) is 0. The first kappa shape index (κ1) is 13.8. The molecule has 0 amide bonds. The molecule has 0 saturated heterocycles. The van der Waals surface area contributed by atoms with Crippen LogP contribution in [0.5, 0.6) is 0 Å². The molecule has 17 heavy (non-hydrogen) atoms. The third-order valence-corrected chi connectivity index (χ3v) is 5.54. The maximum Gasteiger partial charge on any atom is 0.0293 e. The summed E-state index contributed by atoms with van der Waals surface area (Å²) < 4.78 is 3.77. The summed E-state index contributed by atoms with van der Waals surface area (Å²) in [6.45, 7) is 4.27. The van der Waals surface area contributed by atoms with Gasteiger partial charge >= 0.3 is 0 Å². The normalized spacial score (nSPS) is 10.6. The van der Waals surface area contributed by atoms with Gasteiger partial charge in [0.05, 0.1) is 0 Å². The zero-order valence-electron chi connectivity index (χ0n) is 9.52. The second-order valence-electron chi connectivity index (χ2n) is 4.04. The van der Waals surface area contributed by atoms with E-state index in [0.717, 1.165) is 0 Å². The van der Waals surface area contributed by atoms with E-state index in [9.17, 15) is 0 Å². The monoisotopic (exact) mass is 512 g/mol. The molecule has 0 heterocycles. The maximum atomic E-state index is 3.72. The van der Waals surface area contributed by atoms with Crippen molar-refractivity contribution in [2.24, 2.45) is 0 Å². The number of aryl methyl sites for hydroxylation is 2. The lowest BCUT2D eigenvalue weighted by molar-refractivity contribution is 1.38. The number of rotatable bonds is 1. The standard InChI is InChI=1S/C14H11BrI2/c1-8-3-5-11(16)10(7-8)13-12(17)6-4-9(2)14(13)15/h3-7H,1-2H3. The van der Waals surface area contributed by atoms with Gasteiger partial charge in [0.15, 0.2) is 0 Å². The lowest BCUT2D eigenvalue weighted by Gasteiger charge is -2.12. The molecule has 0 aliphatic rings. The van der Waals surface area contributed by atoms with Crippen LogP contribution < -0.4 is 0 Å². The average molecular weight is 513 g/mol. The topological polar surface area (TPSA) is 0 Å². The fourth-order valence-electron chi connectivity index (χ4n) is 1.73. The van der Waals surface area contributed by atoms with Gasteiger partial charge < -0.3 is 0 Å². The summed E-state index contributed by atoms with van der Waals surface area (Å²) in [7, 11) is 0. The highest BCUT2D eigenvalue weighted by Gasteiger charge is 2.12. The summed E-state index contributed by atoms with van der Waals surface area (Å²) in [6.07, 6.45) is 0. The first-order valence-corrected chi connectivity index (χ1v) is 8.17. The molecule has 0 aliphatic heterocycles. The molecule has 0 aromatic heterocycles. The second-order valence-corrected chi connectivity index (χ2v) is 7.15. The van der Waals surface area contributed by atoms with E-state index in [0.29, 0.717) is 0 Å². The number of benzene rings is 2. The minimum absolute atomic E-state index is 1.20. The van der Waals surface area contributed by atoms with Crippen LogP contribution in [0, 0.1) is 21.0 Å². The van der Waals surface area contributed by atoms with Crippen LogP contribution in [0.2, 0.25) is 0 Å². The van der Waals surface area contributed by atoms with Gasteiger partial charge in [0.2, 0.25) is 0 Å². The Morgan fingerprint density at radius 3 is 2.29 bits per heavy atom. The molecule has 3 heteroatoms. The van der Waals surface area contributed by atoms with Crippen LogP contribution in [-0.4, -0.2) is 0 Å². The average Bonchev–Trinajstić information content (AvgIpc) is 2.29. The van der Waals surface area contributed by atoms with Crippen LogP contribution >= 0.6 is 61.1 Å². The van der Waals surface area contributed by atoms with Crippen molar-refractivity contribution >= 4 is 61.1 Å². The van der Waals surface area contributed by atoms with Crippen molar-refractivity contribution in [1.29, 1.82) is 0 Å². The molecule has 0 fully saturated rings. The quantitative estimate of drug-likeness (QED) is 0.415. The molecule has 0 unspecified atom stereocenters. The van der Waals surface area contributed by atoms with E-state index in [1.807, 2.05) is 0 Å². The molecule has 0 bridgehead atoms. The van der Waals surface area contributed by atoms with Crippen molar-refractivity contribution in [1.82, 2.24) is 0 Å². The van der Waals surface area contributed by atoms with Gasteiger partial charge in [-0.3, -0.25) is 0 Å². The number of hydrogen-bond acceptors (Lipinski definition) is 0.